The average molecular weight is 216 g/mol. The summed E-state index contributed by atoms with van der Waals surface area (Å²) in [7, 11) is 3.75. The summed E-state index contributed by atoms with van der Waals surface area (Å²) in [5, 5.41) is 27.5. The maximum Gasteiger partial charge on any atom is 0.159 e. The van der Waals surface area contributed by atoms with Gasteiger partial charge in [-0.25, -0.2) is 0 Å². The van der Waals surface area contributed by atoms with Crippen LogP contribution in [0.5, 0.6) is 0 Å². The van der Waals surface area contributed by atoms with E-state index >= 15 is 0 Å². The highest BCUT2D eigenvalue weighted by Gasteiger charge is 2.38. The van der Waals surface area contributed by atoms with Gasteiger partial charge in [0.2, 0.25) is 0 Å². The van der Waals surface area contributed by atoms with Crippen molar-refractivity contribution in [1.29, 1.82) is 0 Å². The average Bonchev–Trinajstić information content (AvgIpc) is 2.08. The summed E-state index contributed by atoms with van der Waals surface area (Å²) in [6.07, 6.45) is -3.10. The van der Waals surface area contributed by atoms with Gasteiger partial charge in [0.25, 0.3) is 0 Å². The minimum absolute atomic E-state index is 0.217. The summed E-state index contributed by atoms with van der Waals surface area (Å²) in [6, 6.07) is 0. The molecular formula is C8H18B2O5. The Morgan fingerprint density at radius 1 is 1.47 bits per heavy atom. The van der Waals surface area contributed by atoms with Gasteiger partial charge < -0.3 is 24.8 Å². The Bertz CT molecular complexity index is 208. The summed E-state index contributed by atoms with van der Waals surface area (Å²) in [4.78, 5) is 0. The van der Waals surface area contributed by atoms with Crippen LogP contribution in [0.1, 0.15) is 13.3 Å². The summed E-state index contributed by atoms with van der Waals surface area (Å²) in [6.45, 7) is 1.55. The summed E-state index contributed by atoms with van der Waals surface area (Å²) in [5.41, 5.74) is 0. The molecule has 0 aromatic rings. The van der Waals surface area contributed by atoms with Crippen LogP contribution in [-0.2, 0) is 9.47 Å². The molecule has 1 rings (SSSR count). The molecule has 1 fully saturated rings. The normalized spacial score (nSPS) is 37.9. The molecule has 0 radical (unpaired) electrons. The molecule has 1 aliphatic heterocycles. The minimum atomic E-state index is -1.05. The number of ether oxygens (including phenoxy) is 2. The molecule has 0 aromatic heterocycles. The molecule has 7 heteroatoms. The molecule has 0 amide bonds. The number of hydrogen-bond donors (Lipinski definition) is 3. The van der Waals surface area contributed by atoms with E-state index in [2.05, 4.69) is 0 Å². The van der Waals surface area contributed by atoms with Crippen molar-refractivity contribution >= 4 is 15.7 Å². The maximum atomic E-state index is 9.53. The van der Waals surface area contributed by atoms with E-state index in [1.165, 1.54) is 0 Å². The van der Waals surface area contributed by atoms with Crippen molar-refractivity contribution in [2.75, 3.05) is 6.61 Å². The first-order chi connectivity index (χ1) is 6.83. The van der Waals surface area contributed by atoms with Gasteiger partial charge in [0, 0.05) is 11.8 Å². The number of rotatable bonds is 3. The predicted octanol–water partition coefficient (Wildman–Crippen LogP) is -3.23. The van der Waals surface area contributed by atoms with Crippen molar-refractivity contribution in [3.63, 3.8) is 0 Å². The smallest absolute Gasteiger partial charge is 0.159 e. The lowest BCUT2D eigenvalue weighted by molar-refractivity contribution is -0.264. The van der Waals surface area contributed by atoms with Crippen molar-refractivity contribution in [3.05, 3.63) is 0 Å². The highest BCUT2D eigenvalue weighted by atomic mass is 16.7. The zero-order valence-corrected chi connectivity index (χ0v) is 9.38. The first-order valence-corrected chi connectivity index (χ1v) is 5.14. The minimum Gasteiger partial charge on any atom is -0.394 e. The Labute approximate surface area is 91.2 Å². The molecule has 0 aromatic carbocycles. The Morgan fingerprint density at radius 3 is 2.53 bits per heavy atom. The molecule has 5 nitrogen and oxygen atoms in total. The fraction of sp³-hybridized carbons (Fsp3) is 1.00. The van der Waals surface area contributed by atoms with Crippen LogP contribution in [0.2, 0.25) is 0 Å². The van der Waals surface area contributed by atoms with Gasteiger partial charge in [-0.2, -0.15) is 0 Å². The molecule has 3 N–H and O–H groups in total. The Kier molecular flexibility index (Phi) is 4.20. The van der Waals surface area contributed by atoms with Crippen molar-refractivity contribution in [2.45, 2.75) is 43.3 Å². The lowest BCUT2D eigenvalue weighted by Crippen LogP contribution is -2.52. The van der Waals surface area contributed by atoms with Crippen LogP contribution in [-0.4, -0.2) is 67.6 Å². The largest absolute Gasteiger partial charge is 0.394 e. The van der Waals surface area contributed by atoms with Crippen LogP contribution in [0.15, 0.2) is 0 Å². The van der Waals surface area contributed by atoms with Gasteiger partial charge in [0.05, 0.1) is 12.7 Å². The molecule has 0 spiro atoms. The Balaban J connectivity index is 2.55. The van der Waals surface area contributed by atoms with Gasteiger partial charge in [0.15, 0.2) is 6.29 Å². The number of aliphatic hydroxyl groups is 3. The quantitative estimate of drug-likeness (QED) is 0.432. The first kappa shape index (κ1) is 13.0. The lowest BCUT2D eigenvalue weighted by atomic mass is 9.67. The zero-order valence-electron chi connectivity index (χ0n) is 9.38. The van der Waals surface area contributed by atoms with Crippen molar-refractivity contribution in [3.8, 4) is 0 Å². The second-order valence-electron chi connectivity index (χ2n) is 4.81. The molecule has 0 aliphatic carbocycles. The van der Waals surface area contributed by atoms with Crippen LogP contribution >= 0.6 is 0 Å². The SMILES string of the molecule is BC(B)(C)OC1CC(O)C(O)C(CO)O1. The van der Waals surface area contributed by atoms with Gasteiger partial charge in [-0.1, -0.05) is 6.92 Å². The van der Waals surface area contributed by atoms with Crippen LogP contribution < -0.4 is 0 Å². The highest BCUT2D eigenvalue weighted by molar-refractivity contribution is 6.38. The third-order valence-corrected chi connectivity index (χ3v) is 2.20. The second kappa shape index (κ2) is 4.84. The van der Waals surface area contributed by atoms with Crippen LogP contribution in [0.25, 0.3) is 0 Å². The van der Waals surface area contributed by atoms with Crippen molar-refractivity contribution in [1.82, 2.24) is 0 Å². The van der Waals surface area contributed by atoms with Crippen molar-refractivity contribution in [2.24, 2.45) is 0 Å². The first-order valence-electron chi connectivity index (χ1n) is 5.14. The third-order valence-electron chi connectivity index (χ3n) is 2.20. The topological polar surface area (TPSA) is 79.2 Å². The molecular weight excluding hydrogens is 198 g/mol. The second-order valence-corrected chi connectivity index (χ2v) is 4.81. The molecule has 0 bridgehead atoms. The van der Waals surface area contributed by atoms with Crippen LogP contribution in [0.3, 0.4) is 0 Å². The molecule has 1 saturated heterocycles. The summed E-state index contributed by atoms with van der Waals surface area (Å²) < 4.78 is 10.8. The van der Waals surface area contributed by atoms with E-state index in [-0.39, 0.29) is 18.4 Å². The van der Waals surface area contributed by atoms with Gasteiger partial charge >= 0.3 is 0 Å². The van der Waals surface area contributed by atoms with E-state index in [0.29, 0.717) is 0 Å². The third kappa shape index (κ3) is 3.77. The lowest BCUT2D eigenvalue weighted by Gasteiger charge is -2.38. The molecule has 1 heterocycles. The van der Waals surface area contributed by atoms with E-state index in [1.54, 1.807) is 0 Å². The molecule has 1 aliphatic rings. The van der Waals surface area contributed by atoms with Crippen molar-refractivity contribution < 1.29 is 24.8 Å². The molecule has 4 unspecified atom stereocenters. The molecule has 0 saturated carbocycles. The Hall–Kier alpha value is -0.0701. The van der Waals surface area contributed by atoms with Gasteiger partial charge in [-0.05, 0) is 0 Å². The van der Waals surface area contributed by atoms with Crippen LogP contribution in [0.4, 0.5) is 0 Å². The van der Waals surface area contributed by atoms with E-state index in [0.717, 1.165) is 0 Å². The number of aliphatic hydroxyl groups excluding tert-OH is 3. The van der Waals surface area contributed by atoms with E-state index < -0.39 is 24.6 Å². The maximum absolute atomic E-state index is 9.53. The molecule has 4 atom stereocenters. The van der Waals surface area contributed by atoms with E-state index in [9.17, 15) is 10.2 Å². The summed E-state index contributed by atoms with van der Waals surface area (Å²) >= 11 is 0. The van der Waals surface area contributed by atoms with Crippen LogP contribution in [0, 0.1) is 0 Å². The Morgan fingerprint density at radius 2 is 2.07 bits per heavy atom. The van der Waals surface area contributed by atoms with Gasteiger partial charge in [0.1, 0.15) is 27.9 Å². The zero-order chi connectivity index (χ0) is 11.6. The summed E-state index contributed by atoms with van der Waals surface area (Å²) in [5.74, 6) is 0. The van der Waals surface area contributed by atoms with Gasteiger partial charge in [-0.3, -0.25) is 0 Å². The van der Waals surface area contributed by atoms with Gasteiger partial charge in [-0.15, -0.1) is 0 Å². The molecule has 86 valence electrons. The standard InChI is InChI=1S/C8H18B2O5/c1-8(9,10)15-6-2-4(12)7(13)5(3-11)14-6/h4-7,11-13H,2-3,9-10H2,1H3. The van der Waals surface area contributed by atoms with E-state index in [4.69, 9.17) is 14.6 Å². The van der Waals surface area contributed by atoms with E-state index in [1.807, 2.05) is 22.6 Å². The monoisotopic (exact) mass is 216 g/mol. The highest BCUT2D eigenvalue weighted by Crippen LogP contribution is 2.23. The predicted molar refractivity (Wildman–Crippen MR) is 59.0 cm³/mol. The fourth-order valence-corrected chi connectivity index (χ4v) is 1.54. The fourth-order valence-electron chi connectivity index (χ4n) is 1.54. The number of hydrogen-bond acceptors (Lipinski definition) is 5. The molecule has 15 heavy (non-hydrogen) atoms.